The molecule has 5 nitrogen and oxygen atoms in total. The highest BCUT2D eigenvalue weighted by Gasteiger charge is 2.21. The van der Waals surface area contributed by atoms with Crippen LogP contribution in [0.3, 0.4) is 0 Å². The Balaban J connectivity index is 1.97. The summed E-state index contributed by atoms with van der Waals surface area (Å²) in [6.07, 6.45) is 0. The smallest absolute Gasteiger partial charge is 0.160 e. The van der Waals surface area contributed by atoms with Gasteiger partial charge in [0.2, 0.25) is 0 Å². The zero-order valence-corrected chi connectivity index (χ0v) is 15.6. The molecule has 3 aromatic rings. The van der Waals surface area contributed by atoms with Crippen LogP contribution in [-0.2, 0) is 42.7 Å². The molecule has 2 aliphatic rings. The number of rotatable bonds is 0. The Morgan fingerprint density at radius 1 is 0.577 bits per heavy atom. The van der Waals surface area contributed by atoms with Gasteiger partial charge in [0.1, 0.15) is 0 Å². The van der Waals surface area contributed by atoms with Crippen molar-refractivity contribution < 1.29 is 16.8 Å². The Hall–Kier alpha value is -2.25. The van der Waals surface area contributed by atoms with E-state index in [1.165, 1.54) is 0 Å². The summed E-state index contributed by atoms with van der Waals surface area (Å²) in [5.74, 6) is -0.632. The van der Waals surface area contributed by atoms with Crippen molar-refractivity contribution >= 4 is 30.4 Å². The van der Waals surface area contributed by atoms with Gasteiger partial charge in [0, 0.05) is 0 Å². The lowest BCUT2D eigenvalue weighted by Crippen LogP contribution is -2.11. The molecule has 0 atom stereocenters. The highest BCUT2D eigenvalue weighted by atomic mass is 32.2. The van der Waals surface area contributed by atoms with Crippen molar-refractivity contribution in [3.05, 3.63) is 77.1 Å². The number of benzene rings is 2. The molecule has 0 radical (unpaired) electrons. The standard InChI is InChI=1S/C19H17NO4S2/c21-25(22)10-14-8-9-15(19-7-2-1-6-18(14)19)11-26(23,24)13-17-5-3-4-16(12-25)20-17/h1-9H,10-13H2. The topological polar surface area (TPSA) is 81.2 Å². The van der Waals surface area contributed by atoms with Crippen molar-refractivity contribution in [2.45, 2.75) is 23.0 Å². The zero-order chi connectivity index (χ0) is 18.4. The molecule has 7 heteroatoms. The third-order valence-electron chi connectivity index (χ3n) is 4.46. The largest absolute Gasteiger partial charge is 0.256 e. The molecule has 2 aliphatic heterocycles. The van der Waals surface area contributed by atoms with Crippen LogP contribution in [0, 0.1) is 0 Å². The van der Waals surface area contributed by atoms with Gasteiger partial charge in [-0.2, -0.15) is 0 Å². The lowest BCUT2D eigenvalue weighted by molar-refractivity contribution is 0.593. The van der Waals surface area contributed by atoms with E-state index in [2.05, 4.69) is 4.98 Å². The number of pyridine rings is 1. The normalized spacial score (nSPS) is 18.6. The van der Waals surface area contributed by atoms with Crippen LogP contribution in [0.5, 0.6) is 0 Å². The van der Waals surface area contributed by atoms with E-state index in [-0.39, 0.29) is 23.0 Å². The van der Waals surface area contributed by atoms with Crippen molar-refractivity contribution in [1.82, 2.24) is 4.98 Å². The van der Waals surface area contributed by atoms with Crippen LogP contribution in [0.1, 0.15) is 22.5 Å². The maximum absolute atomic E-state index is 12.7. The summed E-state index contributed by atoms with van der Waals surface area (Å²) in [7, 11) is -6.87. The first-order valence-corrected chi connectivity index (χ1v) is 11.8. The van der Waals surface area contributed by atoms with Crippen LogP contribution >= 0.6 is 0 Å². The molecule has 5 rings (SSSR count). The minimum Gasteiger partial charge on any atom is -0.256 e. The summed E-state index contributed by atoms with van der Waals surface area (Å²) in [6, 6.07) is 15.7. The van der Waals surface area contributed by atoms with Gasteiger partial charge in [0.15, 0.2) is 19.7 Å². The van der Waals surface area contributed by atoms with E-state index >= 15 is 0 Å². The highest BCUT2D eigenvalue weighted by Crippen LogP contribution is 2.27. The van der Waals surface area contributed by atoms with Crippen molar-refractivity contribution in [3.8, 4) is 0 Å². The molecular weight excluding hydrogens is 370 g/mol. The summed E-state index contributed by atoms with van der Waals surface area (Å²) in [5.41, 5.74) is 2.10. The second-order valence-electron chi connectivity index (χ2n) is 6.61. The first-order valence-electron chi connectivity index (χ1n) is 8.16. The average molecular weight is 387 g/mol. The molecule has 2 aromatic carbocycles. The van der Waals surface area contributed by atoms with Crippen molar-refractivity contribution in [2.75, 3.05) is 0 Å². The van der Waals surface area contributed by atoms with Gasteiger partial charge < -0.3 is 0 Å². The molecule has 4 bridgehead atoms. The van der Waals surface area contributed by atoms with E-state index in [1.54, 1.807) is 30.3 Å². The fourth-order valence-corrected chi connectivity index (χ4v) is 6.27. The minimum absolute atomic E-state index is 0.105. The molecule has 0 fully saturated rings. The van der Waals surface area contributed by atoms with E-state index in [9.17, 15) is 16.8 Å². The predicted octanol–water partition coefficient (Wildman–Crippen LogP) is 2.78. The minimum atomic E-state index is -3.44. The van der Waals surface area contributed by atoms with Gasteiger partial charge in [0.05, 0.1) is 34.4 Å². The molecule has 1 aromatic heterocycles. The molecule has 0 amide bonds. The van der Waals surface area contributed by atoms with Gasteiger partial charge >= 0.3 is 0 Å². The van der Waals surface area contributed by atoms with Crippen LogP contribution in [0.15, 0.2) is 54.6 Å². The predicted molar refractivity (Wildman–Crippen MR) is 101 cm³/mol. The van der Waals surface area contributed by atoms with Crippen LogP contribution in [-0.4, -0.2) is 21.8 Å². The Kier molecular flexibility index (Phi) is 4.08. The van der Waals surface area contributed by atoms with Crippen molar-refractivity contribution in [1.29, 1.82) is 0 Å². The second-order valence-corrected chi connectivity index (χ2v) is 10.7. The van der Waals surface area contributed by atoms with Crippen LogP contribution in [0.4, 0.5) is 0 Å². The summed E-state index contributed by atoms with van der Waals surface area (Å²) in [4.78, 5) is 4.25. The van der Waals surface area contributed by atoms with Gasteiger partial charge in [-0.1, -0.05) is 42.5 Å². The Morgan fingerprint density at radius 3 is 1.50 bits per heavy atom. The number of nitrogens with zero attached hydrogens (tertiary/aromatic N) is 1. The number of hydrogen-bond acceptors (Lipinski definition) is 5. The molecular formula is C19H17NO4S2. The van der Waals surface area contributed by atoms with Gasteiger partial charge in [0.25, 0.3) is 0 Å². The molecule has 26 heavy (non-hydrogen) atoms. The third kappa shape index (κ3) is 3.50. The van der Waals surface area contributed by atoms with Crippen molar-refractivity contribution in [3.63, 3.8) is 0 Å². The Labute approximate surface area is 152 Å². The van der Waals surface area contributed by atoms with E-state index in [4.69, 9.17) is 0 Å². The van der Waals surface area contributed by atoms with Crippen molar-refractivity contribution in [2.24, 2.45) is 0 Å². The Morgan fingerprint density at radius 2 is 1.04 bits per heavy atom. The number of hydrogen-bond donors (Lipinski definition) is 0. The third-order valence-corrected chi connectivity index (χ3v) is 7.43. The summed E-state index contributed by atoms with van der Waals surface area (Å²) < 4.78 is 50.7. The second kappa shape index (κ2) is 6.17. The van der Waals surface area contributed by atoms with E-state index in [0.29, 0.717) is 22.5 Å². The zero-order valence-electron chi connectivity index (χ0n) is 13.9. The molecule has 134 valence electrons. The maximum atomic E-state index is 12.7. The van der Waals surface area contributed by atoms with Gasteiger partial charge in [-0.25, -0.2) is 16.8 Å². The first-order chi connectivity index (χ1) is 12.3. The fourth-order valence-electron chi connectivity index (χ4n) is 3.39. The first kappa shape index (κ1) is 17.2. The van der Waals surface area contributed by atoms with E-state index in [1.807, 2.05) is 24.3 Å². The molecule has 0 spiro atoms. The molecule has 0 saturated heterocycles. The highest BCUT2D eigenvalue weighted by molar-refractivity contribution is 7.90. The van der Waals surface area contributed by atoms with E-state index < -0.39 is 19.7 Å². The van der Waals surface area contributed by atoms with Gasteiger partial charge in [-0.05, 0) is 34.0 Å². The summed E-state index contributed by atoms with van der Waals surface area (Å²) in [5, 5.41) is 1.56. The van der Waals surface area contributed by atoms with Crippen LogP contribution < -0.4 is 0 Å². The fraction of sp³-hybridized carbons (Fsp3) is 0.211. The van der Waals surface area contributed by atoms with Gasteiger partial charge in [-0.15, -0.1) is 0 Å². The summed E-state index contributed by atoms with van der Waals surface area (Å²) in [6.45, 7) is 0. The number of fused-ring (bicyclic) bond motifs is 5. The Bertz CT molecular complexity index is 1120. The maximum Gasteiger partial charge on any atom is 0.160 e. The molecule has 0 aliphatic carbocycles. The van der Waals surface area contributed by atoms with Crippen LogP contribution in [0.2, 0.25) is 0 Å². The quantitative estimate of drug-likeness (QED) is 0.592. The SMILES string of the molecule is O=S1(=O)Cc2cccc(n2)CS(=O)(=O)Cc2ccc(c3ccccc23)C1. The average Bonchev–Trinajstić information content (AvgIpc) is 2.56. The lowest BCUT2D eigenvalue weighted by atomic mass is 10.0. The number of sulfone groups is 2. The molecule has 0 saturated carbocycles. The summed E-state index contributed by atoms with van der Waals surface area (Å²) >= 11 is 0. The molecule has 3 heterocycles. The molecule has 0 N–H and O–H groups in total. The van der Waals surface area contributed by atoms with Crippen LogP contribution in [0.25, 0.3) is 10.8 Å². The molecule has 0 unspecified atom stereocenters. The van der Waals surface area contributed by atoms with E-state index in [0.717, 1.165) is 10.8 Å². The lowest BCUT2D eigenvalue weighted by Gasteiger charge is -2.11. The monoisotopic (exact) mass is 387 g/mol. The van der Waals surface area contributed by atoms with Gasteiger partial charge in [-0.3, -0.25) is 4.98 Å². The number of aromatic nitrogens is 1.